The van der Waals surface area contributed by atoms with Crippen LogP contribution >= 0.6 is 10.8 Å². The van der Waals surface area contributed by atoms with Crippen LogP contribution in [0.15, 0.2) is 0 Å². The van der Waals surface area contributed by atoms with Crippen LogP contribution in [0, 0.1) is 0 Å². The molecule has 2 atom stereocenters. The minimum Gasteiger partial charge on any atom is -0.480 e. The van der Waals surface area contributed by atoms with Gasteiger partial charge in [0.15, 0.2) is 0 Å². The minimum atomic E-state index is -3.79. The van der Waals surface area contributed by atoms with Crippen molar-refractivity contribution in [1.29, 1.82) is 0 Å². The molecule has 0 aromatic rings. The summed E-state index contributed by atoms with van der Waals surface area (Å²) in [5, 5.41) is 16.8. The Balaban J connectivity index is 4.27. The summed E-state index contributed by atoms with van der Waals surface area (Å²) in [6.07, 6.45) is 0. The predicted molar refractivity (Wildman–Crippen MR) is 57.5 cm³/mol. The third kappa shape index (κ3) is 5.90. The number of carboxylic acid groups (broad SMARTS) is 2. The fourth-order valence-electron chi connectivity index (χ4n) is 0.588. The molecule has 0 unspecified atom stereocenters. The lowest BCUT2D eigenvalue weighted by Crippen LogP contribution is -2.37. The van der Waals surface area contributed by atoms with Gasteiger partial charge < -0.3 is 21.7 Å². The highest BCUT2D eigenvalue weighted by atomic mass is 33.1. The maximum absolute atomic E-state index is 11.2. The monoisotopic (exact) mass is 272 g/mol. The molecule has 0 radical (unpaired) electrons. The average Bonchev–Trinajstić information content (AvgIpc) is 2.13. The van der Waals surface area contributed by atoms with E-state index in [1.165, 1.54) is 0 Å². The van der Waals surface area contributed by atoms with E-state index in [1.54, 1.807) is 0 Å². The summed E-state index contributed by atoms with van der Waals surface area (Å²) in [6.45, 7) is 0. The molecule has 94 valence electrons. The summed E-state index contributed by atoms with van der Waals surface area (Å²) in [4.78, 5) is 20.6. The van der Waals surface area contributed by atoms with Crippen molar-refractivity contribution < 1.29 is 28.2 Å². The second kappa shape index (κ2) is 6.03. The zero-order valence-electron chi connectivity index (χ0n) is 8.07. The molecule has 0 aliphatic carbocycles. The topological polar surface area (TPSA) is 161 Å². The average molecular weight is 272 g/mol. The maximum Gasteiger partial charge on any atom is 0.321 e. The van der Waals surface area contributed by atoms with Gasteiger partial charge in [0.05, 0.1) is 5.75 Å². The highest BCUT2D eigenvalue weighted by Crippen LogP contribution is 2.14. The molecule has 6 N–H and O–H groups in total. The van der Waals surface area contributed by atoms with E-state index < -0.39 is 38.6 Å². The van der Waals surface area contributed by atoms with Crippen LogP contribution in [-0.2, 0) is 18.5 Å². The molecule has 0 aromatic heterocycles. The first-order chi connectivity index (χ1) is 7.15. The van der Waals surface area contributed by atoms with Crippen molar-refractivity contribution in [2.24, 2.45) is 11.5 Å². The third-order valence-corrected chi connectivity index (χ3v) is 4.96. The normalized spacial score (nSPS) is 15.4. The Kier molecular flexibility index (Phi) is 5.72. The van der Waals surface area contributed by atoms with Crippen molar-refractivity contribution in [2.45, 2.75) is 12.1 Å². The molecule has 0 saturated heterocycles. The van der Waals surface area contributed by atoms with Gasteiger partial charge in [-0.1, -0.05) is 0 Å². The molecule has 0 aromatic carbocycles. The number of carbonyl (C=O) groups is 2. The number of hydrogen-bond acceptors (Lipinski definition) is 7. The first kappa shape index (κ1) is 15.2. The van der Waals surface area contributed by atoms with Gasteiger partial charge in [-0.3, -0.25) is 9.59 Å². The smallest absolute Gasteiger partial charge is 0.321 e. The van der Waals surface area contributed by atoms with Crippen LogP contribution in [0.25, 0.3) is 0 Å². The molecular weight excluding hydrogens is 260 g/mol. The van der Waals surface area contributed by atoms with Crippen LogP contribution in [-0.4, -0.2) is 54.2 Å². The van der Waals surface area contributed by atoms with E-state index in [2.05, 4.69) is 0 Å². The summed E-state index contributed by atoms with van der Waals surface area (Å²) in [5.74, 6) is -3.89. The van der Waals surface area contributed by atoms with E-state index >= 15 is 0 Å². The standard InChI is InChI=1S/C6H12N2O6S2/c7-3(5(9)10)1-15-16(13,14)2-4(8)6(11)12/h3-4H,1-2,7-8H2,(H,9,10)(H,11,12)/t3-,4-/m1/s1. The SMILES string of the molecule is N[C@H](CSS(=O)(=O)C[C@@H](N)C(=O)O)C(=O)O. The molecular formula is C6H12N2O6S2. The van der Waals surface area contributed by atoms with Crippen LogP contribution in [0.4, 0.5) is 0 Å². The van der Waals surface area contributed by atoms with Crippen molar-refractivity contribution in [1.82, 2.24) is 0 Å². The predicted octanol–water partition coefficient (Wildman–Crippen LogP) is -2.13. The zero-order chi connectivity index (χ0) is 12.9. The molecule has 8 nitrogen and oxygen atoms in total. The molecule has 0 heterocycles. The summed E-state index contributed by atoms with van der Waals surface area (Å²) >= 11 is 0. The second-order valence-corrected chi connectivity index (χ2v) is 7.15. The Morgan fingerprint density at radius 1 is 1.12 bits per heavy atom. The van der Waals surface area contributed by atoms with Gasteiger partial charge in [0.1, 0.15) is 12.1 Å². The Morgan fingerprint density at radius 2 is 1.56 bits per heavy atom. The fraction of sp³-hybridized carbons (Fsp3) is 0.667. The summed E-state index contributed by atoms with van der Waals surface area (Å²) in [6, 6.07) is -2.85. The quantitative estimate of drug-likeness (QED) is 0.379. The van der Waals surface area contributed by atoms with Gasteiger partial charge in [0.25, 0.3) is 0 Å². The summed E-state index contributed by atoms with van der Waals surface area (Å²) in [7, 11) is -3.50. The van der Waals surface area contributed by atoms with Crippen molar-refractivity contribution in [3.63, 3.8) is 0 Å². The molecule has 10 heteroatoms. The molecule has 0 spiro atoms. The van der Waals surface area contributed by atoms with E-state index in [0.717, 1.165) is 0 Å². The fourth-order valence-corrected chi connectivity index (χ4v) is 3.55. The van der Waals surface area contributed by atoms with Crippen LogP contribution in [0.2, 0.25) is 0 Å². The first-order valence-electron chi connectivity index (χ1n) is 3.99. The molecule has 16 heavy (non-hydrogen) atoms. The number of carboxylic acids is 2. The van der Waals surface area contributed by atoms with Gasteiger partial charge >= 0.3 is 11.9 Å². The van der Waals surface area contributed by atoms with Gasteiger partial charge in [0, 0.05) is 5.75 Å². The van der Waals surface area contributed by atoms with Crippen molar-refractivity contribution >= 4 is 31.6 Å². The molecule has 0 aliphatic heterocycles. The highest BCUT2D eigenvalue weighted by Gasteiger charge is 2.24. The number of aliphatic carboxylic acids is 2. The Hall–Kier alpha value is -0.840. The van der Waals surface area contributed by atoms with E-state index in [4.69, 9.17) is 21.7 Å². The second-order valence-electron chi connectivity index (χ2n) is 2.90. The molecule has 0 rings (SSSR count). The first-order valence-corrected chi connectivity index (χ1v) is 7.15. The van der Waals surface area contributed by atoms with Crippen molar-refractivity contribution in [3.8, 4) is 0 Å². The van der Waals surface area contributed by atoms with Crippen molar-refractivity contribution in [3.05, 3.63) is 0 Å². The summed E-state index contributed by atoms with van der Waals surface area (Å²) in [5.41, 5.74) is 10.1. The number of rotatable bonds is 7. The largest absolute Gasteiger partial charge is 0.480 e. The zero-order valence-corrected chi connectivity index (χ0v) is 9.70. The van der Waals surface area contributed by atoms with E-state index in [9.17, 15) is 18.0 Å². The number of nitrogens with two attached hydrogens (primary N) is 2. The lowest BCUT2D eigenvalue weighted by molar-refractivity contribution is -0.138. The van der Waals surface area contributed by atoms with Crippen LogP contribution < -0.4 is 11.5 Å². The van der Waals surface area contributed by atoms with Crippen LogP contribution in [0.3, 0.4) is 0 Å². The van der Waals surface area contributed by atoms with E-state index in [1.807, 2.05) is 0 Å². The van der Waals surface area contributed by atoms with Gasteiger partial charge in [-0.05, 0) is 10.8 Å². The van der Waals surface area contributed by atoms with Gasteiger partial charge in [-0.15, -0.1) is 0 Å². The lowest BCUT2D eigenvalue weighted by Gasteiger charge is -2.08. The molecule has 0 saturated carbocycles. The lowest BCUT2D eigenvalue weighted by atomic mass is 10.4. The van der Waals surface area contributed by atoms with Gasteiger partial charge in [0.2, 0.25) is 8.87 Å². The van der Waals surface area contributed by atoms with Gasteiger partial charge in [-0.25, -0.2) is 8.42 Å². The molecule has 0 bridgehead atoms. The van der Waals surface area contributed by atoms with E-state index in [-0.39, 0.29) is 16.5 Å². The third-order valence-electron chi connectivity index (χ3n) is 1.45. The summed E-state index contributed by atoms with van der Waals surface area (Å²) < 4.78 is 22.5. The molecule has 0 fully saturated rings. The molecule has 0 amide bonds. The van der Waals surface area contributed by atoms with Crippen molar-refractivity contribution in [2.75, 3.05) is 11.5 Å². The minimum absolute atomic E-state index is 0.284. The number of hydrogen-bond donors (Lipinski definition) is 4. The van der Waals surface area contributed by atoms with Crippen LogP contribution in [0.1, 0.15) is 0 Å². The maximum atomic E-state index is 11.2. The van der Waals surface area contributed by atoms with E-state index in [0.29, 0.717) is 0 Å². The molecule has 0 aliphatic rings. The Morgan fingerprint density at radius 3 is 1.94 bits per heavy atom. The Labute approximate surface area is 95.3 Å². The van der Waals surface area contributed by atoms with Gasteiger partial charge in [-0.2, -0.15) is 0 Å². The van der Waals surface area contributed by atoms with Crippen LogP contribution in [0.5, 0.6) is 0 Å². The highest BCUT2D eigenvalue weighted by molar-refractivity contribution is 8.72. The Bertz CT molecular complexity index is 367.